The van der Waals surface area contributed by atoms with Gasteiger partial charge in [0.15, 0.2) is 5.84 Å². The molecule has 6 N–H and O–H groups in total. The molecule has 0 aliphatic carbocycles. The molecule has 0 aliphatic heterocycles. The first kappa shape index (κ1) is 15.8. The predicted octanol–water partition coefficient (Wildman–Crippen LogP) is 1.19. The fourth-order valence-corrected chi connectivity index (χ4v) is 2.83. The van der Waals surface area contributed by atoms with Crippen LogP contribution in [0, 0.1) is 12.5 Å². The molecule has 0 bridgehead atoms. The van der Waals surface area contributed by atoms with Crippen LogP contribution in [0.4, 0.5) is 0 Å². The lowest BCUT2D eigenvalue weighted by Gasteiger charge is -2.12. The number of nitrogens with two attached hydrogens (primary N) is 2. The zero-order valence-corrected chi connectivity index (χ0v) is 13.2. The lowest BCUT2D eigenvalue weighted by molar-refractivity contribution is 0.654. The Morgan fingerprint density at radius 3 is 2.96 bits per heavy atom. The van der Waals surface area contributed by atoms with Gasteiger partial charge in [0.2, 0.25) is 0 Å². The Kier molecular flexibility index (Phi) is 4.09. The first-order valence-electron chi connectivity index (χ1n) is 7.50. The summed E-state index contributed by atoms with van der Waals surface area (Å²) in [6.45, 7) is 2.84. The summed E-state index contributed by atoms with van der Waals surface area (Å²) in [6, 6.07) is 5.36. The fourth-order valence-electron chi connectivity index (χ4n) is 2.83. The maximum Gasteiger partial charge on any atom is 0.262 e. The second kappa shape index (κ2) is 6.20. The molecule has 0 atom stereocenters. The first-order chi connectivity index (χ1) is 11.6. The maximum absolute atomic E-state index is 12.8. The summed E-state index contributed by atoms with van der Waals surface area (Å²) in [6.07, 6.45) is 0.695. The molecule has 0 unspecified atom stereocenters. The predicted molar refractivity (Wildman–Crippen MR) is 92.1 cm³/mol. The van der Waals surface area contributed by atoms with E-state index in [-0.39, 0.29) is 11.4 Å². The Morgan fingerprint density at radius 2 is 2.25 bits per heavy atom. The fraction of sp³-hybridized carbons (Fsp3) is 0.267. The monoisotopic (exact) mass is 326 g/mol. The van der Waals surface area contributed by atoms with Crippen LogP contribution in [0.25, 0.3) is 21.8 Å². The highest BCUT2D eigenvalue weighted by Crippen LogP contribution is 2.24. The number of fused-ring (bicyclic) bond motifs is 3. The molecule has 0 spiro atoms. The number of nitrogens with zero attached hydrogens (tertiary/aromatic N) is 4. The number of H-pyrrole nitrogens is 1. The molecule has 9 nitrogen and oxygen atoms in total. The van der Waals surface area contributed by atoms with Gasteiger partial charge < -0.3 is 16.0 Å². The molecular formula is C15H18N8O. The number of pyridine rings is 1. The van der Waals surface area contributed by atoms with E-state index >= 15 is 0 Å². The van der Waals surface area contributed by atoms with E-state index in [1.165, 1.54) is 0 Å². The quantitative estimate of drug-likeness (QED) is 0.241. The number of rotatable bonds is 5. The largest absolute Gasteiger partial charge is 0.382 e. The van der Waals surface area contributed by atoms with E-state index in [9.17, 15) is 4.79 Å². The van der Waals surface area contributed by atoms with Crippen LogP contribution in [0.2, 0.25) is 0 Å². The average Bonchev–Trinajstić information content (AvgIpc) is 2.97. The maximum atomic E-state index is 12.8. The van der Waals surface area contributed by atoms with Crippen LogP contribution in [0.1, 0.15) is 17.7 Å². The van der Waals surface area contributed by atoms with E-state index < -0.39 is 0 Å². The lowest BCUT2D eigenvalue weighted by atomic mass is 10.1. The highest BCUT2D eigenvalue weighted by atomic mass is 16.1. The summed E-state index contributed by atoms with van der Waals surface area (Å²) in [5.41, 5.74) is 20.8. The van der Waals surface area contributed by atoms with E-state index in [1.54, 1.807) is 22.8 Å². The highest BCUT2D eigenvalue weighted by Gasteiger charge is 2.16. The molecule has 24 heavy (non-hydrogen) atoms. The van der Waals surface area contributed by atoms with E-state index in [0.29, 0.717) is 41.7 Å². The summed E-state index contributed by atoms with van der Waals surface area (Å²) >= 11 is 0. The van der Waals surface area contributed by atoms with Gasteiger partial charge in [0.05, 0.1) is 10.9 Å². The van der Waals surface area contributed by atoms with Gasteiger partial charge >= 0.3 is 0 Å². The van der Waals surface area contributed by atoms with Gasteiger partial charge in [-0.1, -0.05) is 5.22 Å². The van der Waals surface area contributed by atoms with Crippen molar-refractivity contribution in [3.63, 3.8) is 0 Å². The topological polar surface area (TPSA) is 151 Å². The molecule has 1 aromatic carbocycles. The zero-order chi connectivity index (χ0) is 17.3. The van der Waals surface area contributed by atoms with Gasteiger partial charge in [-0.15, -0.1) is 5.10 Å². The van der Waals surface area contributed by atoms with Gasteiger partial charge in [-0.2, -0.15) is 10.6 Å². The average molecular weight is 326 g/mol. The van der Waals surface area contributed by atoms with Crippen molar-refractivity contribution in [2.24, 2.45) is 21.8 Å². The number of aromatic nitrogens is 3. The third-order valence-corrected chi connectivity index (χ3v) is 3.99. The van der Waals surface area contributed by atoms with Gasteiger partial charge in [0.25, 0.3) is 5.56 Å². The second-order valence-electron chi connectivity index (χ2n) is 5.49. The molecule has 0 fully saturated rings. The molecule has 2 heterocycles. The number of hydrogen-bond acceptors (Lipinski definition) is 5. The van der Waals surface area contributed by atoms with Crippen LogP contribution in [-0.4, -0.2) is 27.1 Å². The van der Waals surface area contributed by atoms with Gasteiger partial charge in [-0.3, -0.25) is 9.89 Å². The van der Waals surface area contributed by atoms with Gasteiger partial charge in [0.1, 0.15) is 5.52 Å². The standard InChI is InChI=1S/C15H18N8O/c1-8-12-13(20-19-8)10-7-9(14(17)21-22-18)3-4-11(10)23(15(12)24)6-2-5-16/h3-4,7H,2,5-6,16H2,1H3,(H,19,20)(H3,17,18,21). The summed E-state index contributed by atoms with van der Waals surface area (Å²) in [5, 5.41) is 15.0. The Labute approximate surface area is 136 Å². The van der Waals surface area contributed by atoms with Crippen molar-refractivity contribution in [3.8, 4) is 0 Å². The van der Waals surface area contributed by atoms with Gasteiger partial charge in [0, 0.05) is 23.2 Å². The van der Waals surface area contributed by atoms with Crippen molar-refractivity contribution in [1.82, 2.24) is 14.8 Å². The number of aromatic amines is 1. The molecular weight excluding hydrogens is 308 g/mol. The van der Waals surface area contributed by atoms with Crippen molar-refractivity contribution in [1.29, 1.82) is 5.53 Å². The van der Waals surface area contributed by atoms with Crippen LogP contribution < -0.4 is 17.0 Å². The molecule has 0 aliphatic rings. The minimum absolute atomic E-state index is 0.0900. The minimum Gasteiger partial charge on any atom is -0.382 e. The molecule has 2 aromatic heterocycles. The third kappa shape index (κ3) is 2.44. The highest BCUT2D eigenvalue weighted by molar-refractivity contribution is 6.08. The molecule has 9 heteroatoms. The summed E-state index contributed by atoms with van der Waals surface area (Å²) in [7, 11) is 0. The van der Waals surface area contributed by atoms with Crippen LogP contribution in [0.5, 0.6) is 0 Å². The Morgan fingerprint density at radius 1 is 1.46 bits per heavy atom. The number of aryl methyl sites for hydroxylation is 2. The summed E-state index contributed by atoms with van der Waals surface area (Å²) in [4.78, 5) is 12.8. The van der Waals surface area contributed by atoms with Crippen LogP contribution in [0.3, 0.4) is 0 Å². The van der Waals surface area contributed by atoms with E-state index in [0.717, 1.165) is 10.9 Å². The Bertz CT molecular complexity index is 1010. The molecule has 0 saturated heterocycles. The van der Waals surface area contributed by atoms with E-state index in [4.69, 9.17) is 17.0 Å². The number of nitrogens with one attached hydrogen (secondary N) is 2. The van der Waals surface area contributed by atoms with Crippen LogP contribution >= 0.6 is 0 Å². The SMILES string of the molecule is Cc1[nH]nc2c1c(=O)n(CCCN)c1ccc(C(N)=NN=N)cc21. The smallest absolute Gasteiger partial charge is 0.262 e. The number of benzene rings is 1. The van der Waals surface area contributed by atoms with Crippen LogP contribution in [0.15, 0.2) is 33.3 Å². The third-order valence-electron chi connectivity index (χ3n) is 3.99. The molecule has 3 rings (SSSR count). The van der Waals surface area contributed by atoms with Crippen molar-refractivity contribution in [2.75, 3.05) is 6.54 Å². The molecule has 0 amide bonds. The zero-order valence-electron chi connectivity index (χ0n) is 13.2. The molecule has 0 saturated carbocycles. The minimum atomic E-state index is -0.0900. The van der Waals surface area contributed by atoms with Crippen molar-refractivity contribution in [2.45, 2.75) is 19.9 Å². The summed E-state index contributed by atoms with van der Waals surface area (Å²) in [5.74, 6) is 0.131. The summed E-state index contributed by atoms with van der Waals surface area (Å²) < 4.78 is 1.71. The lowest BCUT2D eigenvalue weighted by Crippen LogP contribution is -2.23. The second-order valence-corrected chi connectivity index (χ2v) is 5.49. The van der Waals surface area contributed by atoms with Gasteiger partial charge in [-0.25, -0.2) is 0 Å². The Hall–Kier alpha value is -3.07. The first-order valence-corrected chi connectivity index (χ1v) is 7.50. The van der Waals surface area contributed by atoms with Crippen molar-refractivity contribution >= 4 is 27.6 Å². The molecule has 3 aromatic rings. The van der Waals surface area contributed by atoms with Crippen molar-refractivity contribution < 1.29 is 0 Å². The van der Waals surface area contributed by atoms with Crippen LogP contribution in [-0.2, 0) is 6.54 Å². The molecule has 124 valence electrons. The van der Waals surface area contributed by atoms with E-state index in [2.05, 4.69) is 20.5 Å². The van der Waals surface area contributed by atoms with Gasteiger partial charge in [-0.05, 0) is 38.1 Å². The number of amidine groups is 1. The number of hydrogen-bond donors (Lipinski definition) is 4. The Balaban J connectivity index is 2.39. The normalized spacial score (nSPS) is 12.2. The van der Waals surface area contributed by atoms with E-state index in [1.807, 2.05) is 6.92 Å². The molecule has 0 radical (unpaired) electrons. The van der Waals surface area contributed by atoms with Crippen molar-refractivity contribution in [3.05, 3.63) is 39.8 Å².